The van der Waals surface area contributed by atoms with Gasteiger partial charge in [0.05, 0.1) is 5.56 Å². The number of halogens is 2. The van der Waals surface area contributed by atoms with Crippen molar-refractivity contribution < 1.29 is 23.0 Å². The van der Waals surface area contributed by atoms with E-state index in [1.807, 2.05) is 6.08 Å². The van der Waals surface area contributed by atoms with Crippen molar-refractivity contribution in [3.05, 3.63) is 84.5 Å². The third-order valence-corrected chi connectivity index (χ3v) is 7.65. The van der Waals surface area contributed by atoms with Crippen molar-refractivity contribution in [1.29, 1.82) is 0 Å². The number of fused-ring (bicyclic) bond motifs is 1. The molecule has 0 spiro atoms. The number of hydrogen-bond acceptors (Lipinski definition) is 3. The Bertz CT molecular complexity index is 1060. The fraction of sp³-hybridized carbons (Fsp3) is 0.433. The minimum Gasteiger partial charge on any atom is -0.486 e. The van der Waals surface area contributed by atoms with Gasteiger partial charge in [-0.05, 0) is 98.4 Å². The van der Waals surface area contributed by atoms with Gasteiger partial charge in [0.15, 0.2) is 11.6 Å². The molecule has 5 heteroatoms. The van der Waals surface area contributed by atoms with E-state index in [9.17, 15) is 9.18 Å². The third kappa shape index (κ3) is 6.19. The van der Waals surface area contributed by atoms with Crippen molar-refractivity contribution in [3.8, 4) is 11.5 Å². The molecule has 0 heterocycles. The lowest BCUT2D eigenvalue weighted by atomic mass is 9.63. The predicted octanol–water partition coefficient (Wildman–Crippen LogP) is 8.02. The van der Waals surface area contributed by atoms with Crippen molar-refractivity contribution in [2.45, 2.75) is 57.3 Å². The summed E-state index contributed by atoms with van der Waals surface area (Å²) in [5.74, 6) is 0.722. The van der Waals surface area contributed by atoms with Crippen LogP contribution in [0.1, 0.15) is 73.2 Å². The number of rotatable bonds is 9. The quantitative estimate of drug-likeness (QED) is 0.207. The molecule has 2 saturated carbocycles. The smallest absolute Gasteiger partial charge is 0.343 e. The summed E-state index contributed by atoms with van der Waals surface area (Å²) < 4.78 is 39.7. The third-order valence-electron chi connectivity index (χ3n) is 7.65. The summed E-state index contributed by atoms with van der Waals surface area (Å²) in [6, 6.07) is 8.47. The fourth-order valence-electron chi connectivity index (χ4n) is 5.85. The zero-order chi connectivity index (χ0) is 24.8. The largest absolute Gasteiger partial charge is 0.486 e. The van der Waals surface area contributed by atoms with Crippen LogP contribution in [0.15, 0.2) is 61.7 Å². The Morgan fingerprint density at radius 2 is 1.74 bits per heavy atom. The van der Waals surface area contributed by atoms with Crippen LogP contribution < -0.4 is 9.47 Å². The molecule has 0 bridgehead atoms. The van der Waals surface area contributed by atoms with Gasteiger partial charge in [0.2, 0.25) is 0 Å². The topological polar surface area (TPSA) is 35.5 Å². The van der Waals surface area contributed by atoms with E-state index in [1.165, 1.54) is 50.0 Å². The molecule has 2 fully saturated rings. The first kappa shape index (κ1) is 25.2. The Labute approximate surface area is 206 Å². The van der Waals surface area contributed by atoms with Crippen LogP contribution in [0.3, 0.4) is 0 Å². The lowest BCUT2D eigenvalue weighted by Crippen LogP contribution is -2.30. The Morgan fingerprint density at radius 3 is 2.49 bits per heavy atom. The molecule has 2 aliphatic carbocycles. The molecule has 0 aromatic heterocycles. The molecule has 4 atom stereocenters. The van der Waals surface area contributed by atoms with Gasteiger partial charge in [-0.2, -0.15) is 0 Å². The molecule has 35 heavy (non-hydrogen) atoms. The minimum absolute atomic E-state index is 0.0324. The SMILES string of the molecule is C=CCCC1CCC2CC(c3ccc(C(=O)Oc4ccc(OCC=C)c(F)c4)cc3F)CCC2C1. The molecule has 0 N–H and O–H groups in total. The molecule has 0 radical (unpaired) electrons. The first-order valence-corrected chi connectivity index (χ1v) is 12.6. The molecule has 3 nitrogen and oxygen atoms in total. The highest BCUT2D eigenvalue weighted by Crippen LogP contribution is 2.48. The van der Waals surface area contributed by atoms with Crippen LogP contribution >= 0.6 is 0 Å². The average molecular weight is 481 g/mol. The molecule has 186 valence electrons. The number of carbonyl (C=O) groups is 1. The van der Waals surface area contributed by atoms with Gasteiger partial charge in [-0.25, -0.2) is 13.6 Å². The summed E-state index contributed by atoms with van der Waals surface area (Å²) in [7, 11) is 0. The maximum absolute atomic E-state index is 15.1. The highest BCUT2D eigenvalue weighted by atomic mass is 19.1. The van der Waals surface area contributed by atoms with Crippen LogP contribution in [0.25, 0.3) is 0 Å². The van der Waals surface area contributed by atoms with Gasteiger partial charge in [-0.1, -0.05) is 31.2 Å². The Morgan fingerprint density at radius 1 is 0.943 bits per heavy atom. The molecular weight excluding hydrogens is 446 g/mol. The standard InChI is InChI=1S/C30H34F2O3/c1-3-5-6-20-7-8-22-17-23(10-9-21(22)16-20)26-13-11-24(18-27(26)31)30(33)35-25-12-14-29(28(32)19-25)34-15-4-2/h3-4,11-14,18-23H,1-2,5-10,15-17H2. The highest BCUT2D eigenvalue weighted by Gasteiger charge is 2.36. The van der Waals surface area contributed by atoms with E-state index in [0.717, 1.165) is 43.6 Å². The molecule has 0 aliphatic heterocycles. The van der Waals surface area contributed by atoms with Crippen molar-refractivity contribution in [1.82, 2.24) is 0 Å². The summed E-state index contributed by atoms with van der Waals surface area (Å²) in [6.07, 6.45) is 12.8. The van der Waals surface area contributed by atoms with Gasteiger partial charge in [-0.15, -0.1) is 6.58 Å². The number of benzene rings is 2. The molecule has 4 rings (SSSR count). The van der Waals surface area contributed by atoms with Gasteiger partial charge >= 0.3 is 5.97 Å². The lowest BCUT2D eigenvalue weighted by Gasteiger charge is -2.42. The average Bonchev–Trinajstić information content (AvgIpc) is 2.86. The maximum atomic E-state index is 15.1. The second-order valence-electron chi connectivity index (χ2n) is 9.89. The zero-order valence-corrected chi connectivity index (χ0v) is 20.2. The molecule has 0 saturated heterocycles. The van der Waals surface area contributed by atoms with Gasteiger partial charge < -0.3 is 9.47 Å². The number of esters is 1. The Hall–Kier alpha value is -2.95. The Balaban J connectivity index is 1.36. The normalized spacial score (nSPS) is 23.7. The summed E-state index contributed by atoms with van der Waals surface area (Å²) in [5, 5.41) is 0. The summed E-state index contributed by atoms with van der Waals surface area (Å²) in [6.45, 7) is 7.53. The zero-order valence-electron chi connectivity index (χ0n) is 20.2. The minimum atomic E-state index is -0.726. The van der Waals surface area contributed by atoms with Crippen molar-refractivity contribution in [3.63, 3.8) is 0 Å². The van der Waals surface area contributed by atoms with E-state index < -0.39 is 11.8 Å². The highest BCUT2D eigenvalue weighted by molar-refractivity contribution is 5.91. The second kappa shape index (κ2) is 11.7. The summed E-state index contributed by atoms with van der Waals surface area (Å²) in [4.78, 5) is 12.6. The van der Waals surface area contributed by atoms with E-state index in [0.29, 0.717) is 11.5 Å². The monoisotopic (exact) mass is 480 g/mol. The van der Waals surface area contributed by atoms with E-state index in [-0.39, 0.29) is 35.4 Å². The van der Waals surface area contributed by atoms with Gasteiger partial charge in [-0.3, -0.25) is 0 Å². The van der Waals surface area contributed by atoms with Crippen LogP contribution in [-0.2, 0) is 0 Å². The van der Waals surface area contributed by atoms with Crippen LogP contribution in [0.5, 0.6) is 11.5 Å². The van der Waals surface area contributed by atoms with Crippen molar-refractivity contribution >= 4 is 5.97 Å². The van der Waals surface area contributed by atoms with E-state index in [2.05, 4.69) is 13.2 Å². The predicted molar refractivity (Wildman–Crippen MR) is 134 cm³/mol. The van der Waals surface area contributed by atoms with E-state index in [4.69, 9.17) is 9.47 Å². The van der Waals surface area contributed by atoms with Crippen LogP contribution in [-0.4, -0.2) is 12.6 Å². The van der Waals surface area contributed by atoms with Gasteiger partial charge in [0.1, 0.15) is 18.2 Å². The molecule has 2 aromatic rings. The van der Waals surface area contributed by atoms with Gasteiger partial charge in [0.25, 0.3) is 0 Å². The molecule has 0 amide bonds. The van der Waals surface area contributed by atoms with Crippen molar-refractivity contribution in [2.75, 3.05) is 6.61 Å². The fourth-order valence-corrected chi connectivity index (χ4v) is 5.85. The van der Waals surface area contributed by atoms with Crippen LogP contribution in [0.4, 0.5) is 8.78 Å². The number of ether oxygens (including phenoxy) is 2. The molecular formula is C30H34F2O3. The summed E-state index contributed by atoms with van der Waals surface area (Å²) >= 11 is 0. The van der Waals surface area contributed by atoms with Crippen LogP contribution in [0.2, 0.25) is 0 Å². The van der Waals surface area contributed by atoms with E-state index in [1.54, 1.807) is 12.1 Å². The molecule has 2 aromatic carbocycles. The summed E-state index contributed by atoms with van der Waals surface area (Å²) in [5.41, 5.74) is 0.790. The van der Waals surface area contributed by atoms with Crippen molar-refractivity contribution in [2.24, 2.45) is 17.8 Å². The molecule has 2 aliphatic rings. The van der Waals surface area contributed by atoms with Gasteiger partial charge in [0, 0.05) is 6.07 Å². The first-order chi connectivity index (χ1) is 17.0. The Kier molecular flexibility index (Phi) is 8.37. The first-order valence-electron chi connectivity index (χ1n) is 12.6. The molecule has 4 unspecified atom stereocenters. The number of hydrogen-bond donors (Lipinski definition) is 0. The van der Waals surface area contributed by atoms with Crippen LogP contribution in [0, 0.1) is 29.4 Å². The second-order valence-corrected chi connectivity index (χ2v) is 9.89. The number of allylic oxidation sites excluding steroid dienone is 1. The lowest BCUT2D eigenvalue weighted by molar-refractivity contribution is 0.0733. The number of carbonyl (C=O) groups excluding carboxylic acids is 1. The van der Waals surface area contributed by atoms with E-state index >= 15 is 4.39 Å². The maximum Gasteiger partial charge on any atom is 0.343 e.